The van der Waals surface area contributed by atoms with Crippen LogP contribution in [0.15, 0.2) is 47.8 Å². The second-order valence-electron chi connectivity index (χ2n) is 4.63. The molecule has 3 rings (SSSR count). The van der Waals surface area contributed by atoms with E-state index < -0.39 is 6.29 Å². The molecule has 1 aliphatic rings. The van der Waals surface area contributed by atoms with E-state index in [1.165, 1.54) is 5.06 Å². The lowest BCUT2D eigenvalue weighted by Crippen LogP contribution is -2.44. The van der Waals surface area contributed by atoms with Gasteiger partial charge in [0, 0.05) is 5.56 Å². The molecule has 4 nitrogen and oxygen atoms in total. The molecule has 1 aromatic heterocycles. The van der Waals surface area contributed by atoms with Gasteiger partial charge in [0.15, 0.2) is 0 Å². The fourth-order valence-electron chi connectivity index (χ4n) is 2.07. The summed E-state index contributed by atoms with van der Waals surface area (Å²) in [6.07, 6.45) is -0.574. The molecule has 2 atom stereocenters. The second-order valence-corrected chi connectivity index (χ2v) is 5.61. The third-order valence-corrected chi connectivity index (χ3v) is 3.92. The molecule has 1 aliphatic heterocycles. The van der Waals surface area contributed by atoms with E-state index in [2.05, 4.69) is 0 Å². The monoisotopic (exact) mass is 289 g/mol. The zero-order valence-electron chi connectivity index (χ0n) is 11.1. The summed E-state index contributed by atoms with van der Waals surface area (Å²) in [5, 5.41) is 3.36. The lowest BCUT2D eigenvalue weighted by molar-refractivity contribution is -0.319. The van der Waals surface area contributed by atoms with Crippen molar-refractivity contribution in [1.82, 2.24) is 5.06 Å². The maximum Gasteiger partial charge on any atom is 0.277 e. The first kappa shape index (κ1) is 13.3. The molecular formula is C15H15NO3S. The van der Waals surface area contributed by atoms with E-state index in [0.29, 0.717) is 12.1 Å². The van der Waals surface area contributed by atoms with Crippen molar-refractivity contribution in [2.24, 2.45) is 0 Å². The van der Waals surface area contributed by atoms with Gasteiger partial charge in [0.2, 0.25) is 6.29 Å². The molecule has 2 heterocycles. The second kappa shape index (κ2) is 5.75. The highest BCUT2D eigenvalue weighted by atomic mass is 32.1. The molecule has 20 heavy (non-hydrogen) atoms. The number of rotatable bonds is 2. The van der Waals surface area contributed by atoms with Crippen LogP contribution in [0.2, 0.25) is 0 Å². The number of carbonyl (C=O) groups excluding carboxylic acids is 1. The lowest BCUT2D eigenvalue weighted by Gasteiger charge is -2.35. The van der Waals surface area contributed by atoms with Gasteiger partial charge >= 0.3 is 0 Å². The van der Waals surface area contributed by atoms with E-state index in [0.717, 1.165) is 4.88 Å². The summed E-state index contributed by atoms with van der Waals surface area (Å²) in [5.74, 6) is -0.137. The lowest BCUT2D eigenvalue weighted by atomic mass is 10.2. The highest BCUT2D eigenvalue weighted by Crippen LogP contribution is 2.30. The SMILES string of the molecule is C[C@H]1CN(C(=O)c2ccccc2)O[C@H](c2cccs2)O1. The van der Waals surface area contributed by atoms with Crippen LogP contribution in [0.3, 0.4) is 0 Å². The van der Waals surface area contributed by atoms with Crippen LogP contribution in [0.25, 0.3) is 0 Å². The number of hydrogen-bond donors (Lipinski definition) is 0. The number of hydrogen-bond acceptors (Lipinski definition) is 4. The van der Waals surface area contributed by atoms with Crippen LogP contribution >= 0.6 is 11.3 Å². The Morgan fingerprint density at radius 3 is 2.75 bits per heavy atom. The summed E-state index contributed by atoms with van der Waals surface area (Å²) < 4.78 is 5.74. The van der Waals surface area contributed by atoms with E-state index >= 15 is 0 Å². The number of benzene rings is 1. The Morgan fingerprint density at radius 2 is 2.05 bits per heavy atom. The zero-order chi connectivity index (χ0) is 13.9. The highest BCUT2D eigenvalue weighted by molar-refractivity contribution is 7.10. The number of thiophene rings is 1. The number of ether oxygens (including phenoxy) is 1. The van der Waals surface area contributed by atoms with E-state index in [-0.39, 0.29) is 12.0 Å². The van der Waals surface area contributed by atoms with E-state index in [9.17, 15) is 4.79 Å². The molecule has 2 aromatic rings. The zero-order valence-corrected chi connectivity index (χ0v) is 11.9. The van der Waals surface area contributed by atoms with E-state index in [1.807, 2.05) is 42.6 Å². The maximum absolute atomic E-state index is 12.4. The summed E-state index contributed by atoms with van der Waals surface area (Å²) in [6, 6.07) is 13.0. The number of hydroxylamine groups is 2. The van der Waals surface area contributed by atoms with Crippen molar-refractivity contribution in [2.75, 3.05) is 6.54 Å². The van der Waals surface area contributed by atoms with Gasteiger partial charge in [-0.1, -0.05) is 24.3 Å². The third kappa shape index (κ3) is 2.75. The van der Waals surface area contributed by atoms with Crippen molar-refractivity contribution in [3.05, 3.63) is 58.3 Å². The molecule has 1 amide bonds. The number of amides is 1. The molecule has 104 valence electrons. The summed E-state index contributed by atoms with van der Waals surface area (Å²) >= 11 is 1.55. The molecule has 0 radical (unpaired) electrons. The van der Waals surface area contributed by atoms with Crippen molar-refractivity contribution >= 4 is 17.2 Å². The first-order chi connectivity index (χ1) is 9.74. The molecule has 1 aromatic carbocycles. The summed E-state index contributed by atoms with van der Waals surface area (Å²) in [5.41, 5.74) is 0.617. The number of carbonyl (C=O) groups is 1. The van der Waals surface area contributed by atoms with E-state index in [1.54, 1.807) is 23.5 Å². The summed E-state index contributed by atoms with van der Waals surface area (Å²) in [7, 11) is 0. The Hall–Kier alpha value is -1.69. The smallest absolute Gasteiger partial charge is 0.277 e. The average molecular weight is 289 g/mol. The van der Waals surface area contributed by atoms with Crippen LogP contribution in [-0.2, 0) is 9.57 Å². The molecule has 1 saturated heterocycles. The maximum atomic E-state index is 12.4. The fourth-order valence-corrected chi connectivity index (χ4v) is 2.75. The Kier molecular flexibility index (Phi) is 3.82. The highest BCUT2D eigenvalue weighted by Gasteiger charge is 2.31. The normalized spacial score (nSPS) is 22.8. The topological polar surface area (TPSA) is 38.8 Å². The largest absolute Gasteiger partial charge is 0.341 e. The van der Waals surface area contributed by atoms with Crippen molar-refractivity contribution < 1.29 is 14.4 Å². The van der Waals surface area contributed by atoms with Gasteiger partial charge in [0.05, 0.1) is 17.5 Å². The first-order valence-corrected chi connectivity index (χ1v) is 7.34. The van der Waals surface area contributed by atoms with Crippen molar-refractivity contribution in [2.45, 2.75) is 19.3 Å². The molecule has 1 fully saturated rings. The van der Waals surface area contributed by atoms with Crippen LogP contribution in [0.5, 0.6) is 0 Å². The Labute approximate surface area is 121 Å². The summed E-state index contributed by atoms with van der Waals surface area (Å²) in [4.78, 5) is 19.1. The van der Waals surface area contributed by atoms with Gasteiger partial charge in [0.25, 0.3) is 5.91 Å². The molecule has 0 spiro atoms. The van der Waals surface area contributed by atoms with Gasteiger partial charge in [-0.15, -0.1) is 11.3 Å². The third-order valence-electron chi connectivity index (χ3n) is 3.02. The Balaban J connectivity index is 1.78. The van der Waals surface area contributed by atoms with Gasteiger partial charge in [-0.3, -0.25) is 4.79 Å². The van der Waals surface area contributed by atoms with Crippen LogP contribution in [0.1, 0.15) is 28.4 Å². The molecule has 0 bridgehead atoms. The van der Waals surface area contributed by atoms with Crippen molar-refractivity contribution in [3.8, 4) is 0 Å². The van der Waals surface area contributed by atoms with Gasteiger partial charge in [-0.05, 0) is 30.5 Å². The van der Waals surface area contributed by atoms with Crippen LogP contribution in [0, 0.1) is 0 Å². The molecule has 0 aliphatic carbocycles. The first-order valence-electron chi connectivity index (χ1n) is 6.46. The van der Waals surface area contributed by atoms with Crippen LogP contribution in [-0.4, -0.2) is 23.6 Å². The predicted octanol–water partition coefficient (Wildman–Crippen LogP) is 3.24. The van der Waals surface area contributed by atoms with Crippen molar-refractivity contribution in [1.29, 1.82) is 0 Å². The summed E-state index contributed by atoms with van der Waals surface area (Å²) in [6.45, 7) is 2.37. The quantitative estimate of drug-likeness (QED) is 0.852. The van der Waals surface area contributed by atoms with Gasteiger partial charge in [0.1, 0.15) is 0 Å². The molecule has 5 heteroatoms. The molecular weight excluding hydrogens is 274 g/mol. The van der Waals surface area contributed by atoms with Crippen LogP contribution < -0.4 is 0 Å². The molecule has 0 saturated carbocycles. The standard InChI is InChI=1S/C15H15NO3S/c1-11-10-16(14(17)12-6-3-2-4-7-12)19-15(18-11)13-8-5-9-20-13/h2-9,11,15H,10H2,1H3/t11-,15+/m0/s1. The minimum absolute atomic E-state index is 0.0662. The Bertz CT molecular complexity index is 570. The van der Waals surface area contributed by atoms with Crippen molar-refractivity contribution in [3.63, 3.8) is 0 Å². The fraction of sp³-hybridized carbons (Fsp3) is 0.267. The van der Waals surface area contributed by atoms with Gasteiger partial charge in [-0.2, -0.15) is 0 Å². The van der Waals surface area contributed by atoms with Crippen LogP contribution in [0.4, 0.5) is 0 Å². The Morgan fingerprint density at radius 1 is 1.25 bits per heavy atom. The number of nitrogens with zero attached hydrogens (tertiary/aromatic N) is 1. The average Bonchev–Trinajstić information content (AvgIpc) is 3.01. The van der Waals surface area contributed by atoms with E-state index in [4.69, 9.17) is 9.57 Å². The van der Waals surface area contributed by atoms with Gasteiger partial charge in [-0.25, -0.2) is 9.90 Å². The molecule has 0 unspecified atom stereocenters. The predicted molar refractivity (Wildman–Crippen MR) is 76.2 cm³/mol. The van der Waals surface area contributed by atoms with Gasteiger partial charge < -0.3 is 4.74 Å². The minimum atomic E-state index is -0.508. The molecule has 0 N–H and O–H groups in total. The minimum Gasteiger partial charge on any atom is -0.341 e.